The van der Waals surface area contributed by atoms with Gasteiger partial charge in [0.2, 0.25) is 5.91 Å². The molecule has 0 radical (unpaired) electrons. The van der Waals surface area contributed by atoms with Gasteiger partial charge >= 0.3 is 5.97 Å². The van der Waals surface area contributed by atoms with Crippen molar-refractivity contribution >= 4 is 11.9 Å². The Bertz CT molecular complexity index is 1130. The Morgan fingerprint density at radius 3 is 1.10 bits per heavy atom. The molecular formula is C64H121NO5. The molecule has 0 aliphatic heterocycles. The van der Waals surface area contributed by atoms with Crippen LogP contribution in [0.5, 0.6) is 0 Å². The molecule has 0 aliphatic carbocycles. The highest BCUT2D eigenvalue weighted by Gasteiger charge is 2.20. The predicted molar refractivity (Wildman–Crippen MR) is 306 cm³/mol. The summed E-state index contributed by atoms with van der Waals surface area (Å²) in [4.78, 5) is 24.6. The van der Waals surface area contributed by atoms with Crippen LogP contribution in [0.1, 0.15) is 335 Å². The van der Waals surface area contributed by atoms with Crippen LogP contribution in [0, 0.1) is 0 Å². The van der Waals surface area contributed by atoms with Crippen LogP contribution in [0.3, 0.4) is 0 Å². The Balaban J connectivity index is 3.47. The molecule has 2 unspecified atom stereocenters. The maximum atomic E-state index is 12.5. The van der Waals surface area contributed by atoms with E-state index in [1.54, 1.807) is 0 Å². The van der Waals surface area contributed by atoms with Crippen LogP contribution in [-0.2, 0) is 14.3 Å². The number of hydrogen-bond donors (Lipinski definition) is 3. The molecule has 6 nitrogen and oxygen atoms in total. The Labute approximate surface area is 436 Å². The highest BCUT2D eigenvalue weighted by Crippen LogP contribution is 2.17. The van der Waals surface area contributed by atoms with E-state index in [-0.39, 0.29) is 18.5 Å². The first kappa shape index (κ1) is 68.1. The van der Waals surface area contributed by atoms with Gasteiger partial charge in [-0.2, -0.15) is 0 Å². The van der Waals surface area contributed by atoms with E-state index in [2.05, 4.69) is 55.6 Å². The number of hydrogen-bond acceptors (Lipinski definition) is 5. The fraction of sp³-hybridized carbons (Fsp3) is 0.875. The van der Waals surface area contributed by atoms with Gasteiger partial charge < -0.3 is 20.3 Å². The number of rotatable bonds is 58. The number of carbonyl (C=O) groups excluding carboxylic acids is 2. The number of unbranched alkanes of at least 4 members (excludes halogenated alkanes) is 42. The third-order valence-corrected chi connectivity index (χ3v) is 14.4. The van der Waals surface area contributed by atoms with E-state index in [4.69, 9.17) is 4.74 Å². The first-order valence-electron chi connectivity index (χ1n) is 31.3. The molecule has 412 valence electrons. The van der Waals surface area contributed by atoms with Crippen molar-refractivity contribution in [2.75, 3.05) is 13.2 Å². The zero-order valence-corrected chi connectivity index (χ0v) is 47.0. The van der Waals surface area contributed by atoms with Gasteiger partial charge in [0.15, 0.2) is 0 Å². The Morgan fingerprint density at radius 1 is 0.400 bits per heavy atom. The van der Waals surface area contributed by atoms with Crippen molar-refractivity contribution in [3.63, 3.8) is 0 Å². The van der Waals surface area contributed by atoms with Crippen LogP contribution in [0.4, 0.5) is 0 Å². The van der Waals surface area contributed by atoms with Crippen LogP contribution in [0.15, 0.2) is 36.5 Å². The monoisotopic (exact) mass is 984 g/mol. The van der Waals surface area contributed by atoms with Gasteiger partial charge in [-0.05, 0) is 83.5 Å². The molecule has 2 atom stereocenters. The van der Waals surface area contributed by atoms with Crippen LogP contribution in [-0.4, -0.2) is 47.4 Å². The fourth-order valence-electron chi connectivity index (χ4n) is 9.63. The van der Waals surface area contributed by atoms with E-state index in [0.717, 1.165) is 70.6 Å². The van der Waals surface area contributed by atoms with Gasteiger partial charge in [0.05, 0.1) is 25.4 Å². The molecule has 70 heavy (non-hydrogen) atoms. The summed E-state index contributed by atoms with van der Waals surface area (Å²) in [6.45, 7) is 4.92. The minimum atomic E-state index is -0.672. The van der Waals surface area contributed by atoms with Gasteiger partial charge in [0.25, 0.3) is 0 Å². The topological polar surface area (TPSA) is 95.9 Å². The first-order valence-corrected chi connectivity index (χ1v) is 31.3. The summed E-state index contributed by atoms with van der Waals surface area (Å²) in [6.07, 6.45) is 74.3. The summed E-state index contributed by atoms with van der Waals surface area (Å²) < 4.78 is 5.46. The predicted octanol–water partition coefficient (Wildman–Crippen LogP) is 19.6. The van der Waals surface area contributed by atoms with E-state index in [1.165, 1.54) is 231 Å². The van der Waals surface area contributed by atoms with Crippen molar-refractivity contribution in [1.29, 1.82) is 0 Å². The molecule has 0 rings (SSSR count). The van der Waals surface area contributed by atoms with Crippen LogP contribution < -0.4 is 5.32 Å². The molecule has 6 heteroatoms. The standard InChI is InChI=1S/C64H121NO5/c1-3-5-7-9-11-13-15-17-19-24-28-32-36-40-44-48-52-56-62(67)61(60-66)65-63(68)57-53-49-45-41-37-33-29-26-22-21-23-27-31-35-39-43-47-51-55-59-70-64(69)58-54-50-46-42-38-34-30-25-20-18-16-14-12-10-8-6-4-2/h18,20,27,31,35,39,61-62,66-67H,3-17,19,21-26,28-30,32-34,36-38,40-60H2,1-2H3,(H,65,68)/b20-18-,31-27-,39-35-. The smallest absolute Gasteiger partial charge is 0.305 e. The van der Waals surface area contributed by atoms with Gasteiger partial charge in [0.1, 0.15) is 0 Å². The van der Waals surface area contributed by atoms with E-state index in [0.29, 0.717) is 25.9 Å². The second-order valence-corrected chi connectivity index (χ2v) is 21.4. The average molecular weight is 985 g/mol. The Hall–Kier alpha value is -1.92. The van der Waals surface area contributed by atoms with Gasteiger partial charge in [-0.25, -0.2) is 0 Å². The van der Waals surface area contributed by atoms with Gasteiger partial charge in [-0.15, -0.1) is 0 Å². The third-order valence-electron chi connectivity index (χ3n) is 14.4. The lowest BCUT2D eigenvalue weighted by Gasteiger charge is -2.22. The van der Waals surface area contributed by atoms with E-state index >= 15 is 0 Å². The lowest BCUT2D eigenvalue weighted by Crippen LogP contribution is -2.45. The minimum Gasteiger partial charge on any atom is -0.466 e. The zero-order valence-electron chi connectivity index (χ0n) is 47.0. The fourth-order valence-corrected chi connectivity index (χ4v) is 9.63. The van der Waals surface area contributed by atoms with Crippen molar-refractivity contribution in [2.24, 2.45) is 0 Å². The number of amides is 1. The number of allylic oxidation sites excluding steroid dienone is 6. The molecule has 0 heterocycles. The largest absolute Gasteiger partial charge is 0.466 e. The zero-order chi connectivity index (χ0) is 50.7. The van der Waals surface area contributed by atoms with Crippen LogP contribution >= 0.6 is 0 Å². The first-order chi connectivity index (χ1) is 34.5. The van der Waals surface area contributed by atoms with E-state index in [1.807, 2.05) is 0 Å². The van der Waals surface area contributed by atoms with Gasteiger partial charge in [-0.3, -0.25) is 9.59 Å². The van der Waals surface area contributed by atoms with Crippen LogP contribution in [0.25, 0.3) is 0 Å². The molecular weight excluding hydrogens is 863 g/mol. The van der Waals surface area contributed by atoms with Gasteiger partial charge in [-0.1, -0.05) is 275 Å². The quantitative estimate of drug-likeness (QED) is 0.0244. The van der Waals surface area contributed by atoms with Crippen molar-refractivity contribution in [2.45, 2.75) is 347 Å². The summed E-state index contributed by atoms with van der Waals surface area (Å²) in [5.74, 6) is -0.0594. The van der Waals surface area contributed by atoms with E-state index < -0.39 is 12.1 Å². The average Bonchev–Trinajstić information content (AvgIpc) is 3.36. The molecule has 3 N–H and O–H groups in total. The maximum absolute atomic E-state index is 12.5. The highest BCUT2D eigenvalue weighted by atomic mass is 16.5. The lowest BCUT2D eigenvalue weighted by molar-refractivity contribution is -0.143. The van der Waals surface area contributed by atoms with E-state index in [9.17, 15) is 19.8 Å². The van der Waals surface area contributed by atoms with Crippen molar-refractivity contribution in [3.05, 3.63) is 36.5 Å². The molecule has 0 aromatic heterocycles. The molecule has 0 bridgehead atoms. The highest BCUT2D eigenvalue weighted by molar-refractivity contribution is 5.76. The molecule has 0 saturated carbocycles. The number of carbonyl (C=O) groups is 2. The second kappa shape index (κ2) is 59.6. The van der Waals surface area contributed by atoms with Crippen molar-refractivity contribution < 1.29 is 24.5 Å². The second-order valence-electron chi connectivity index (χ2n) is 21.4. The molecule has 1 amide bonds. The van der Waals surface area contributed by atoms with Crippen molar-refractivity contribution in [1.82, 2.24) is 5.32 Å². The molecule has 0 aromatic rings. The number of aliphatic hydroxyl groups excluding tert-OH is 2. The third kappa shape index (κ3) is 55.4. The van der Waals surface area contributed by atoms with Crippen molar-refractivity contribution in [3.8, 4) is 0 Å². The Morgan fingerprint density at radius 2 is 0.714 bits per heavy atom. The minimum absolute atomic E-state index is 0.0164. The number of nitrogens with one attached hydrogen (secondary N) is 1. The normalized spacial score (nSPS) is 12.8. The molecule has 0 aliphatic rings. The molecule has 0 fully saturated rings. The molecule has 0 aromatic carbocycles. The SMILES string of the molecule is CCCCCCCC/C=C\CCCCCCCCCC(=O)OCCCCC/C=C\C=C/CCCCCCCCCCCCC(=O)NC(CO)C(O)CCCCCCCCCCCCCCCCCCC. The molecule has 0 spiro atoms. The maximum Gasteiger partial charge on any atom is 0.305 e. The number of ether oxygens (including phenoxy) is 1. The Kier molecular flexibility index (Phi) is 58.0. The summed E-state index contributed by atoms with van der Waals surface area (Å²) in [5.41, 5.74) is 0. The number of esters is 1. The van der Waals surface area contributed by atoms with Gasteiger partial charge in [0, 0.05) is 12.8 Å². The summed E-state index contributed by atoms with van der Waals surface area (Å²) in [7, 11) is 0. The lowest BCUT2D eigenvalue weighted by atomic mass is 10.0. The summed E-state index contributed by atoms with van der Waals surface area (Å²) >= 11 is 0. The van der Waals surface area contributed by atoms with Crippen LogP contribution in [0.2, 0.25) is 0 Å². The molecule has 0 saturated heterocycles. The number of aliphatic hydroxyl groups is 2. The summed E-state index contributed by atoms with van der Waals surface area (Å²) in [5, 5.41) is 23.3. The summed E-state index contributed by atoms with van der Waals surface area (Å²) in [6, 6.07) is -0.550.